The average Bonchev–Trinajstić information content (AvgIpc) is 2.93. The Morgan fingerprint density at radius 3 is 0.737 bits per heavy atom. The Kier molecular flexibility index (Phi) is 9.59. The molecule has 0 spiro atoms. The fourth-order valence-corrected chi connectivity index (χ4v) is 3.46. The maximum Gasteiger partial charge on any atom is 0.281 e. The van der Waals surface area contributed by atoms with Crippen LogP contribution in [0.25, 0.3) is 0 Å². The lowest BCUT2D eigenvalue weighted by molar-refractivity contribution is 0.471. The van der Waals surface area contributed by atoms with Crippen LogP contribution in [0.15, 0.2) is 0 Å². The molecule has 0 aromatic heterocycles. The molecule has 0 aliphatic heterocycles. The van der Waals surface area contributed by atoms with E-state index in [9.17, 15) is 16.8 Å². The van der Waals surface area contributed by atoms with E-state index in [0.717, 1.165) is 0 Å². The summed E-state index contributed by atoms with van der Waals surface area (Å²) in [6.45, 7) is 0. The van der Waals surface area contributed by atoms with Gasteiger partial charge in [-0.25, -0.2) is 0 Å². The van der Waals surface area contributed by atoms with Gasteiger partial charge in [0.1, 0.15) is 0 Å². The van der Waals surface area contributed by atoms with Crippen LogP contribution < -0.4 is 0 Å². The molecule has 116 valence electrons. The molecule has 2 aliphatic carbocycles. The van der Waals surface area contributed by atoms with Crippen molar-refractivity contribution in [3.8, 4) is 0 Å². The minimum atomic E-state index is -4.62. The average molecular weight is 316 g/mol. The van der Waals surface area contributed by atoms with Crippen molar-refractivity contribution in [1.29, 1.82) is 0 Å². The van der Waals surface area contributed by atoms with E-state index in [1.165, 1.54) is 64.2 Å². The summed E-state index contributed by atoms with van der Waals surface area (Å²) in [4.78, 5) is 0. The van der Waals surface area contributed by atoms with Crippen molar-refractivity contribution in [2.24, 2.45) is 0 Å². The van der Waals surface area contributed by atoms with E-state index in [1.54, 1.807) is 0 Å². The lowest BCUT2D eigenvalue weighted by atomic mass is 10.4. The second-order valence-electron chi connectivity index (χ2n) is 4.82. The highest BCUT2D eigenvalue weighted by molar-refractivity contribution is 8.02. The van der Waals surface area contributed by atoms with Crippen LogP contribution in [-0.4, -0.2) is 31.0 Å². The van der Waals surface area contributed by atoms with Crippen LogP contribution >= 0.6 is 0 Å². The third kappa shape index (κ3) is 17.8. The van der Waals surface area contributed by atoms with Crippen molar-refractivity contribution in [1.82, 2.24) is 0 Å². The van der Waals surface area contributed by atoms with Gasteiger partial charge in [0.2, 0.25) is 5.08 Å². The summed E-state index contributed by atoms with van der Waals surface area (Å²) in [6, 6.07) is 0. The molecule has 0 aromatic rings. The minimum absolute atomic E-state index is 1.50. The molecule has 6 nitrogen and oxygen atoms in total. The molecule has 0 unspecified atom stereocenters. The Morgan fingerprint density at radius 1 is 0.526 bits per heavy atom. The summed E-state index contributed by atoms with van der Waals surface area (Å²) >= 11 is 0. The first-order valence-corrected chi connectivity index (χ1v) is 9.83. The molecule has 0 heterocycles. The Morgan fingerprint density at radius 2 is 0.684 bits per heavy atom. The van der Waals surface area contributed by atoms with E-state index in [2.05, 4.69) is 0 Å². The van der Waals surface area contributed by atoms with Gasteiger partial charge in [-0.1, -0.05) is 64.2 Å². The van der Waals surface area contributed by atoms with Crippen molar-refractivity contribution in [2.45, 2.75) is 64.2 Å². The second-order valence-corrected chi connectivity index (χ2v) is 8.09. The number of rotatable bonds is 2. The maximum atomic E-state index is 9.66. The van der Waals surface area contributed by atoms with Gasteiger partial charge in [-0.3, -0.25) is 9.11 Å². The second kappa shape index (κ2) is 9.68. The predicted octanol–water partition coefficient (Wildman–Crippen LogP) is 2.62. The Hall–Kier alpha value is -0.180. The molecule has 0 atom stereocenters. The van der Waals surface area contributed by atoms with Crippen LogP contribution in [0, 0.1) is 0 Å². The monoisotopic (exact) mass is 316 g/mol. The molecule has 0 saturated heterocycles. The van der Waals surface area contributed by atoms with E-state index >= 15 is 0 Å². The summed E-state index contributed by atoms with van der Waals surface area (Å²) in [5, 5.41) is -1.65. The van der Waals surface area contributed by atoms with Crippen molar-refractivity contribution in [2.75, 3.05) is 5.08 Å². The molecule has 2 fully saturated rings. The van der Waals surface area contributed by atoms with Crippen LogP contribution in [0.4, 0.5) is 0 Å². The van der Waals surface area contributed by atoms with Crippen LogP contribution in [0.5, 0.6) is 0 Å². The topological polar surface area (TPSA) is 109 Å². The van der Waals surface area contributed by atoms with E-state index in [-0.39, 0.29) is 0 Å². The molecule has 8 heteroatoms. The van der Waals surface area contributed by atoms with Gasteiger partial charge in [-0.15, -0.1) is 0 Å². The molecule has 0 bridgehead atoms. The highest BCUT2D eigenvalue weighted by Crippen LogP contribution is 2.15. The quantitative estimate of drug-likeness (QED) is 0.758. The molecule has 2 aliphatic rings. The van der Waals surface area contributed by atoms with Gasteiger partial charge in [0, 0.05) is 0 Å². The minimum Gasteiger partial charge on any atom is -0.285 e. The van der Waals surface area contributed by atoms with Crippen LogP contribution in [0.3, 0.4) is 0 Å². The van der Waals surface area contributed by atoms with Crippen LogP contribution in [-0.2, 0) is 20.2 Å². The van der Waals surface area contributed by atoms with E-state index in [1.807, 2.05) is 0 Å². The third-order valence-corrected chi connectivity index (χ3v) is 5.18. The zero-order valence-electron chi connectivity index (χ0n) is 11.1. The number of hydrogen-bond acceptors (Lipinski definition) is 4. The standard InChI is InChI=1S/2C5H10.CH4O6S2/c2*1-2-4-5-3-1;2-8(3,4)1-9(5,6)7/h2*1-5H2;1H2,(H,2,3,4)(H,5,6,7). The van der Waals surface area contributed by atoms with Gasteiger partial charge < -0.3 is 0 Å². The van der Waals surface area contributed by atoms with Crippen LogP contribution in [0.2, 0.25) is 0 Å². The zero-order valence-corrected chi connectivity index (χ0v) is 12.8. The Labute approximate surface area is 116 Å². The molecular formula is C11H24O6S2. The molecule has 2 rings (SSSR count). The summed E-state index contributed by atoms with van der Waals surface area (Å²) in [6.07, 6.45) is 15.0. The molecule has 0 radical (unpaired) electrons. The third-order valence-electron chi connectivity index (χ3n) is 2.80. The molecule has 0 aromatic carbocycles. The Bertz CT molecular complexity index is 349. The lowest BCUT2D eigenvalue weighted by Gasteiger charge is -1.89. The SMILES string of the molecule is C1CCCC1.C1CCCC1.O=S(=O)(O)CS(=O)(=O)O. The van der Waals surface area contributed by atoms with E-state index < -0.39 is 25.3 Å². The van der Waals surface area contributed by atoms with Gasteiger partial charge >= 0.3 is 0 Å². The summed E-state index contributed by atoms with van der Waals surface area (Å²) in [5.41, 5.74) is 0. The zero-order chi connectivity index (χ0) is 14.8. The maximum absolute atomic E-state index is 9.66. The lowest BCUT2D eigenvalue weighted by Crippen LogP contribution is -2.13. The predicted molar refractivity (Wildman–Crippen MR) is 74.1 cm³/mol. The van der Waals surface area contributed by atoms with Gasteiger partial charge in [0.15, 0.2) is 0 Å². The first kappa shape index (κ1) is 18.8. The van der Waals surface area contributed by atoms with Gasteiger partial charge in [0.05, 0.1) is 0 Å². The fraction of sp³-hybridized carbons (Fsp3) is 1.00. The van der Waals surface area contributed by atoms with Gasteiger partial charge in [-0.05, 0) is 0 Å². The summed E-state index contributed by atoms with van der Waals surface area (Å²) in [7, 11) is -9.24. The highest BCUT2D eigenvalue weighted by Gasteiger charge is 2.15. The van der Waals surface area contributed by atoms with Crippen molar-refractivity contribution < 1.29 is 25.9 Å². The van der Waals surface area contributed by atoms with E-state index in [4.69, 9.17) is 9.11 Å². The highest BCUT2D eigenvalue weighted by atomic mass is 32.3. The van der Waals surface area contributed by atoms with Gasteiger partial charge in [-0.2, -0.15) is 16.8 Å². The summed E-state index contributed by atoms with van der Waals surface area (Å²) in [5.74, 6) is 0. The van der Waals surface area contributed by atoms with Crippen molar-refractivity contribution >= 4 is 20.2 Å². The van der Waals surface area contributed by atoms with Crippen molar-refractivity contribution in [3.63, 3.8) is 0 Å². The van der Waals surface area contributed by atoms with Crippen LogP contribution in [0.1, 0.15) is 64.2 Å². The van der Waals surface area contributed by atoms with E-state index in [0.29, 0.717) is 0 Å². The number of hydrogen-bond donors (Lipinski definition) is 2. The van der Waals surface area contributed by atoms with Gasteiger partial charge in [0.25, 0.3) is 20.2 Å². The summed E-state index contributed by atoms with van der Waals surface area (Å²) < 4.78 is 54.2. The van der Waals surface area contributed by atoms with Crippen molar-refractivity contribution in [3.05, 3.63) is 0 Å². The smallest absolute Gasteiger partial charge is 0.281 e. The Balaban J connectivity index is 0.000000273. The fourth-order valence-electron chi connectivity index (χ4n) is 1.96. The largest absolute Gasteiger partial charge is 0.285 e. The molecule has 19 heavy (non-hydrogen) atoms. The normalized spacial score (nSPS) is 19.1. The first-order chi connectivity index (χ1) is 8.71. The molecular weight excluding hydrogens is 292 g/mol. The molecule has 0 amide bonds. The molecule has 2 saturated carbocycles. The first-order valence-electron chi connectivity index (χ1n) is 6.61. The molecule has 2 N–H and O–H groups in total.